The molecule has 13 nitrogen and oxygen atoms in total. The molecule has 1 atom stereocenters. The number of nitro benzene ring substituents is 1. The van der Waals surface area contributed by atoms with E-state index in [9.17, 15) is 19.7 Å². The van der Waals surface area contributed by atoms with E-state index >= 15 is 0 Å². The molecule has 0 radical (unpaired) electrons. The summed E-state index contributed by atoms with van der Waals surface area (Å²) in [6, 6.07) is 12.6. The topological polar surface area (TPSA) is 177 Å². The third-order valence-electron chi connectivity index (χ3n) is 5.07. The number of nitrogens with zero attached hydrogens (tertiary/aromatic N) is 5. The number of hydrogen-bond acceptors (Lipinski definition) is 11. The van der Waals surface area contributed by atoms with Crippen molar-refractivity contribution in [2.24, 2.45) is 5.10 Å². The van der Waals surface area contributed by atoms with Crippen LogP contribution in [0.5, 0.6) is 0 Å². The molecule has 0 saturated carbocycles. The Labute approximate surface area is 230 Å². The summed E-state index contributed by atoms with van der Waals surface area (Å²) in [6.45, 7) is 1.84. The van der Waals surface area contributed by atoms with Crippen molar-refractivity contribution >= 4 is 47.0 Å². The Kier molecular flexibility index (Phi) is 9.31. The molecule has 2 aromatic heterocycles. The minimum Gasteiger partial charge on any atom is -0.445 e. The number of aromatic amines is 1. The molecule has 15 heteroatoms. The van der Waals surface area contributed by atoms with Crippen molar-refractivity contribution in [3.8, 4) is 0 Å². The molecule has 0 aliphatic rings. The fourth-order valence-electron chi connectivity index (χ4n) is 3.24. The Balaban J connectivity index is 1.40. The Morgan fingerprint density at radius 2 is 2.08 bits per heavy atom. The average molecular weight is 567 g/mol. The fourth-order valence-corrected chi connectivity index (χ4v) is 5.10. The summed E-state index contributed by atoms with van der Waals surface area (Å²) in [5.41, 5.74) is 4.02. The zero-order chi connectivity index (χ0) is 27.6. The molecule has 2 amide bonds. The average Bonchev–Trinajstić information content (AvgIpc) is 3.59. The van der Waals surface area contributed by atoms with Gasteiger partial charge in [0, 0.05) is 29.9 Å². The highest BCUT2D eigenvalue weighted by molar-refractivity contribution is 8.01. The number of amides is 2. The molecule has 2 heterocycles. The lowest BCUT2D eigenvalue weighted by molar-refractivity contribution is -0.387. The van der Waals surface area contributed by atoms with Crippen LogP contribution in [0.15, 0.2) is 75.4 Å². The summed E-state index contributed by atoms with van der Waals surface area (Å²) in [4.78, 5) is 43.5. The van der Waals surface area contributed by atoms with Crippen molar-refractivity contribution in [1.82, 2.24) is 30.9 Å². The number of aryl methyl sites for hydroxylation is 1. The molecule has 4 aromatic rings. The molecule has 0 saturated heterocycles. The zero-order valence-electron chi connectivity index (χ0n) is 20.4. The number of nitrogens with one attached hydrogen (secondary N) is 3. The van der Waals surface area contributed by atoms with Crippen molar-refractivity contribution in [3.63, 3.8) is 0 Å². The number of hydrazone groups is 1. The van der Waals surface area contributed by atoms with Crippen LogP contribution in [0, 0.1) is 17.0 Å². The third-order valence-corrected chi connectivity index (χ3v) is 7.03. The Morgan fingerprint density at radius 3 is 2.77 bits per heavy atom. The number of ether oxygens (including phenoxy) is 1. The van der Waals surface area contributed by atoms with Crippen LogP contribution in [0.25, 0.3) is 0 Å². The summed E-state index contributed by atoms with van der Waals surface area (Å²) >= 11 is 2.48. The lowest BCUT2D eigenvalue weighted by Gasteiger charge is -2.16. The molecule has 4 rings (SSSR count). The van der Waals surface area contributed by atoms with Gasteiger partial charge < -0.3 is 15.0 Å². The maximum absolute atomic E-state index is 12.9. The lowest BCUT2D eigenvalue weighted by Crippen LogP contribution is -2.47. The monoisotopic (exact) mass is 566 g/mol. The molecule has 2 aromatic carbocycles. The minimum absolute atomic E-state index is 0.0367. The van der Waals surface area contributed by atoms with Crippen LogP contribution in [0.4, 0.5) is 10.5 Å². The van der Waals surface area contributed by atoms with Crippen LogP contribution in [0.3, 0.4) is 0 Å². The van der Waals surface area contributed by atoms with Crippen molar-refractivity contribution < 1.29 is 19.2 Å². The van der Waals surface area contributed by atoms with Crippen LogP contribution in [0.2, 0.25) is 0 Å². The van der Waals surface area contributed by atoms with E-state index in [1.165, 1.54) is 36.1 Å². The minimum atomic E-state index is -1.03. The maximum atomic E-state index is 12.9. The molecule has 39 heavy (non-hydrogen) atoms. The number of H-pyrrole nitrogens is 1. The van der Waals surface area contributed by atoms with E-state index in [0.717, 1.165) is 22.3 Å². The Morgan fingerprint density at radius 1 is 1.26 bits per heavy atom. The van der Waals surface area contributed by atoms with E-state index in [-0.39, 0.29) is 18.7 Å². The summed E-state index contributed by atoms with van der Waals surface area (Å²) in [6.07, 6.45) is 3.58. The first kappa shape index (κ1) is 27.4. The molecular formula is C24H22N8O5S2. The smallest absolute Gasteiger partial charge is 0.408 e. The second-order valence-electron chi connectivity index (χ2n) is 7.95. The summed E-state index contributed by atoms with van der Waals surface area (Å²) < 4.78 is 5.81. The standard InChI is InChI=1S/C24H22N8O5S2/c1-15-29-31-24(38-15)39-21-8-7-17(9-20(21)32(35)36)11-27-30-22(33)19(10-18-12-25-14-26-18)28-23(34)37-13-16-5-3-2-4-6-16/h2-9,11-12,14,19H,10,13H2,1H3,(H,25,26)(H,28,34)(H,30,33)/b27-11-/t19-/m0/s1. The molecule has 3 N–H and O–H groups in total. The van der Waals surface area contributed by atoms with Gasteiger partial charge in [0.05, 0.1) is 22.4 Å². The highest BCUT2D eigenvalue weighted by Crippen LogP contribution is 2.36. The summed E-state index contributed by atoms with van der Waals surface area (Å²) in [5.74, 6) is -0.620. The number of carbonyl (C=O) groups is 2. The van der Waals surface area contributed by atoms with Gasteiger partial charge in [0.25, 0.3) is 11.6 Å². The molecule has 0 bridgehead atoms. The predicted octanol–water partition coefficient (Wildman–Crippen LogP) is 3.62. The van der Waals surface area contributed by atoms with Gasteiger partial charge >= 0.3 is 6.09 Å². The number of carbonyl (C=O) groups excluding carboxylic acids is 2. The Bertz CT molecular complexity index is 1460. The van der Waals surface area contributed by atoms with Gasteiger partial charge in [0.1, 0.15) is 17.7 Å². The number of rotatable bonds is 11. The number of benzene rings is 2. The first-order valence-electron chi connectivity index (χ1n) is 11.4. The molecule has 0 aliphatic heterocycles. The van der Waals surface area contributed by atoms with Gasteiger partial charge in [-0.2, -0.15) is 5.10 Å². The van der Waals surface area contributed by atoms with Crippen LogP contribution >= 0.6 is 23.1 Å². The van der Waals surface area contributed by atoms with Crippen LogP contribution in [-0.4, -0.2) is 49.3 Å². The first-order chi connectivity index (χ1) is 18.9. The third kappa shape index (κ3) is 8.18. The number of nitro groups is 1. The summed E-state index contributed by atoms with van der Waals surface area (Å²) in [5, 5.41) is 26.7. The van der Waals surface area contributed by atoms with E-state index in [1.807, 2.05) is 30.3 Å². The second-order valence-corrected chi connectivity index (χ2v) is 10.4. The molecule has 0 unspecified atom stereocenters. The highest BCUT2D eigenvalue weighted by Gasteiger charge is 2.23. The number of hydrogen-bond donors (Lipinski definition) is 3. The van der Waals surface area contributed by atoms with E-state index < -0.39 is 23.0 Å². The van der Waals surface area contributed by atoms with Gasteiger partial charge in [-0.25, -0.2) is 15.2 Å². The van der Waals surface area contributed by atoms with E-state index in [1.54, 1.807) is 19.1 Å². The van der Waals surface area contributed by atoms with Crippen LogP contribution < -0.4 is 10.7 Å². The van der Waals surface area contributed by atoms with E-state index in [2.05, 4.69) is 36.0 Å². The molecule has 0 spiro atoms. The summed E-state index contributed by atoms with van der Waals surface area (Å²) in [7, 11) is 0. The van der Waals surface area contributed by atoms with Crippen molar-refractivity contribution in [2.45, 2.75) is 35.2 Å². The van der Waals surface area contributed by atoms with Gasteiger partial charge in [-0.1, -0.05) is 59.5 Å². The molecule has 0 fully saturated rings. The van der Waals surface area contributed by atoms with Crippen molar-refractivity contribution in [3.05, 3.63) is 93.0 Å². The number of aromatic nitrogens is 4. The second kappa shape index (κ2) is 13.3. The molecule has 200 valence electrons. The quantitative estimate of drug-likeness (QED) is 0.139. The van der Waals surface area contributed by atoms with Gasteiger partial charge in [-0.15, -0.1) is 10.2 Å². The zero-order valence-corrected chi connectivity index (χ0v) is 22.1. The van der Waals surface area contributed by atoms with E-state index in [4.69, 9.17) is 4.74 Å². The van der Waals surface area contributed by atoms with Gasteiger partial charge in [-0.3, -0.25) is 14.9 Å². The maximum Gasteiger partial charge on any atom is 0.408 e. The first-order valence-corrected chi connectivity index (χ1v) is 13.0. The molecule has 0 aliphatic carbocycles. The Hall–Kier alpha value is -4.63. The normalized spacial score (nSPS) is 11.7. The largest absolute Gasteiger partial charge is 0.445 e. The van der Waals surface area contributed by atoms with Gasteiger partial charge in [0.15, 0.2) is 4.34 Å². The highest BCUT2D eigenvalue weighted by atomic mass is 32.2. The number of imidazole rings is 1. The number of alkyl carbamates (subject to hydrolysis) is 1. The van der Waals surface area contributed by atoms with Crippen LogP contribution in [-0.2, 0) is 22.6 Å². The van der Waals surface area contributed by atoms with Crippen molar-refractivity contribution in [2.75, 3.05) is 0 Å². The fraction of sp³-hybridized carbons (Fsp3) is 0.167. The SMILES string of the molecule is Cc1nnc(Sc2ccc(/C=N\NC(=O)[C@H](Cc3cnc[nH]3)NC(=O)OCc3ccccc3)cc2[N+](=O)[O-])s1. The van der Waals surface area contributed by atoms with E-state index in [0.29, 0.717) is 20.5 Å². The lowest BCUT2D eigenvalue weighted by atomic mass is 10.1. The van der Waals surface area contributed by atoms with Gasteiger partial charge in [0.2, 0.25) is 0 Å². The van der Waals surface area contributed by atoms with Crippen LogP contribution in [0.1, 0.15) is 21.8 Å². The predicted molar refractivity (Wildman–Crippen MR) is 143 cm³/mol. The molecular weight excluding hydrogens is 544 g/mol. The van der Waals surface area contributed by atoms with Crippen molar-refractivity contribution in [1.29, 1.82) is 0 Å². The van der Waals surface area contributed by atoms with Gasteiger partial charge in [-0.05, 0) is 18.6 Å².